The van der Waals surface area contributed by atoms with E-state index in [2.05, 4.69) is 31.8 Å². The van der Waals surface area contributed by atoms with E-state index in [9.17, 15) is 10.1 Å². The van der Waals surface area contributed by atoms with Gasteiger partial charge in [0.2, 0.25) is 5.91 Å². The molecule has 4 nitrogen and oxygen atoms in total. The summed E-state index contributed by atoms with van der Waals surface area (Å²) in [7, 11) is 0. The first-order valence-corrected chi connectivity index (χ1v) is 12.4. The van der Waals surface area contributed by atoms with Gasteiger partial charge in [-0.25, -0.2) is 8.78 Å². The maximum Gasteiger partial charge on any atom is 0.251 e. The lowest BCUT2D eigenvalue weighted by Crippen LogP contribution is -2.53. The van der Waals surface area contributed by atoms with Crippen molar-refractivity contribution in [3.05, 3.63) is 53.0 Å². The first-order valence-electron chi connectivity index (χ1n) is 12.4. The monoisotopic (exact) mass is 478 g/mol. The number of piperidine rings is 1. The number of likely N-dealkylation sites (tertiary alicyclic amines) is 1. The smallest absolute Gasteiger partial charge is 0.251 e. The summed E-state index contributed by atoms with van der Waals surface area (Å²) in [4.78, 5) is 19.0. The van der Waals surface area contributed by atoms with Crippen molar-refractivity contribution in [2.75, 3.05) is 13.1 Å². The second-order valence-corrected chi connectivity index (χ2v) is 11.4. The van der Waals surface area contributed by atoms with Crippen LogP contribution in [0.4, 0.5) is 14.5 Å². The molecule has 2 aliphatic carbocycles. The maximum atomic E-state index is 15.0. The van der Waals surface area contributed by atoms with Crippen molar-refractivity contribution in [2.45, 2.75) is 65.7 Å². The minimum Gasteiger partial charge on any atom is -0.338 e. The van der Waals surface area contributed by atoms with E-state index in [1.54, 1.807) is 24.4 Å². The van der Waals surface area contributed by atoms with Crippen molar-refractivity contribution in [1.82, 2.24) is 4.90 Å². The van der Waals surface area contributed by atoms with Crippen LogP contribution >= 0.6 is 0 Å². The summed E-state index contributed by atoms with van der Waals surface area (Å²) >= 11 is 0. The first kappa shape index (κ1) is 25.3. The lowest BCUT2D eigenvalue weighted by molar-refractivity contribution is -0.140. The van der Waals surface area contributed by atoms with E-state index < -0.39 is 11.8 Å². The number of nitriles is 1. The highest BCUT2D eigenvalue weighted by Gasteiger charge is 2.60. The summed E-state index contributed by atoms with van der Waals surface area (Å²) in [5, 5.41) is 9.20. The molecular weight excluding hydrogens is 444 g/mol. The van der Waals surface area contributed by atoms with E-state index in [0.717, 1.165) is 22.7 Å². The number of allylic oxidation sites excluding steroid dienone is 2. The molecule has 1 aromatic rings. The average molecular weight is 479 g/mol. The topological polar surface area (TPSA) is 56.5 Å². The fourth-order valence-electron chi connectivity index (χ4n) is 5.67. The van der Waals surface area contributed by atoms with E-state index in [-0.39, 0.29) is 23.2 Å². The Bertz CT molecular complexity index is 1120. The third-order valence-corrected chi connectivity index (χ3v) is 7.32. The van der Waals surface area contributed by atoms with Gasteiger partial charge in [0.25, 0.3) is 5.92 Å². The Balaban J connectivity index is 1.46. The summed E-state index contributed by atoms with van der Waals surface area (Å²) in [5.41, 5.74) is 2.46. The van der Waals surface area contributed by atoms with Crippen LogP contribution in [-0.2, 0) is 4.79 Å². The van der Waals surface area contributed by atoms with E-state index >= 15 is 8.78 Å². The molecule has 1 saturated heterocycles. The second kappa shape index (κ2) is 9.33. The number of carbonyl (C=O) groups excluding carboxylic acids is 1. The molecule has 3 aliphatic rings. The van der Waals surface area contributed by atoms with E-state index in [0.29, 0.717) is 44.3 Å². The van der Waals surface area contributed by atoms with E-state index in [1.165, 1.54) is 0 Å². The molecule has 1 heterocycles. The third kappa shape index (κ3) is 5.39. The molecule has 1 aliphatic heterocycles. The Morgan fingerprint density at radius 3 is 2.74 bits per heavy atom. The molecule has 2 fully saturated rings. The number of benzene rings is 1. The Labute approximate surface area is 207 Å². The number of rotatable bonds is 6. The van der Waals surface area contributed by atoms with Gasteiger partial charge in [-0.1, -0.05) is 39.0 Å². The molecule has 1 aromatic carbocycles. The van der Waals surface area contributed by atoms with Gasteiger partial charge in [0.15, 0.2) is 0 Å². The van der Waals surface area contributed by atoms with Crippen molar-refractivity contribution in [1.29, 1.82) is 5.26 Å². The lowest BCUT2D eigenvalue weighted by atomic mass is 9.62. The van der Waals surface area contributed by atoms with Crippen molar-refractivity contribution in [2.24, 2.45) is 21.7 Å². The minimum absolute atomic E-state index is 0.0455. The predicted molar refractivity (Wildman–Crippen MR) is 135 cm³/mol. The summed E-state index contributed by atoms with van der Waals surface area (Å²) in [6, 6.07) is 7.41. The molecule has 0 unspecified atom stereocenters. The zero-order chi connectivity index (χ0) is 25.4. The van der Waals surface area contributed by atoms with Crippen LogP contribution in [-0.4, -0.2) is 36.0 Å². The standard InChI is InChI=1S/C29H34F2N3O/c1-5-33-25-11-10-20(17-32)14-21(25)8-6-7-9-22-16-28(12-13-29(22,30)31)19-34(18-27(2,3)4)26(35)23-15-24(23)28/h5-6,8,10-11,14-15,22H,7,9,12-13,16,18-19H2,1-4H3/b8-6+,33-5?/t22-,28+/m1/s1. The summed E-state index contributed by atoms with van der Waals surface area (Å²) in [5.74, 6) is -2.35. The van der Waals surface area contributed by atoms with Gasteiger partial charge in [-0.05, 0) is 56.2 Å². The molecule has 185 valence electrons. The number of hydrogen-bond acceptors (Lipinski definition) is 3. The molecule has 1 radical (unpaired) electrons. The molecule has 0 N–H and O–H groups in total. The highest BCUT2D eigenvalue weighted by Crippen LogP contribution is 2.62. The van der Waals surface area contributed by atoms with Gasteiger partial charge < -0.3 is 4.90 Å². The lowest BCUT2D eigenvalue weighted by Gasteiger charge is -2.50. The predicted octanol–water partition coefficient (Wildman–Crippen LogP) is 6.90. The van der Waals surface area contributed by atoms with Crippen LogP contribution in [0.2, 0.25) is 0 Å². The largest absolute Gasteiger partial charge is 0.338 e. The Morgan fingerprint density at radius 1 is 1.29 bits per heavy atom. The number of halogens is 2. The second-order valence-electron chi connectivity index (χ2n) is 11.4. The average Bonchev–Trinajstić information content (AvgIpc) is 3.59. The molecule has 0 bridgehead atoms. The summed E-state index contributed by atoms with van der Waals surface area (Å²) in [6.07, 6.45) is 9.00. The normalized spacial score (nSPS) is 26.3. The van der Waals surface area contributed by atoms with Crippen LogP contribution < -0.4 is 0 Å². The number of amides is 1. The van der Waals surface area contributed by atoms with Crippen LogP contribution in [0.5, 0.6) is 0 Å². The van der Waals surface area contributed by atoms with Gasteiger partial charge in [0.1, 0.15) is 0 Å². The van der Waals surface area contributed by atoms with Crippen LogP contribution in [0.1, 0.15) is 70.9 Å². The molecule has 35 heavy (non-hydrogen) atoms. The van der Waals surface area contributed by atoms with Crippen molar-refractivity contribution >= 4 is 23.9 Å². The maximum absolute atomic E-state index is 15.0. The number of aliphatic imine (C=N–C) groups is 1. The quantitative estimate of drug-likeness (QED) is 0.418. The number of hydrogen-bond donors (Lipinski definition) is 0. The number of alkyl halides is 2. The van der Waals surface area contributed by atoms with Crippen LogP contribution in [0.25, 0.3) is 6.08 Å². The van der Waals surface area contributed by atoms with Crippen LogP contribution in [0, 0.1) is 34.0 Å². The van der Waals surface area contributed by atoms with Gasteiger partial charge in [0.05, 0.1) is 17.3 Å². The molecule has 1 amide bonds. The number of fused-ring (bicyclic) bond motifs is 2. The van der Waals surface area contributed by atoms with Gasteiger partial charge in [-0.2, -0.15) is 5.26 Å². The van der Waals surface area contributed by atoms with Gasteiger partial charge in [-0.15, -0.1) is 0 Å². The number of carbonyl (C=O) groups is 1. The number of nitrogens with zero attached hydrogens (tertiary/aromatic N) is 3. The Morgan fingerprint density at radius 2 is 2.06 bits per heavy atom. The SMILES string of the molecule is CC=Nc1ccc(C#N)cc1/C=C/CC[C@@H]1C[C@@]2(CCC1(F)F)CN(CC(C)(C)C)C(=O)C1=C[C]12. The third-order valence-electron chi connectivity index (χ3n) is 7.32. The Hall–Kier alpha value is -2.81. The summed E-state index contributed by atoms with van der Waals surface area (Å²) in [6.45, 7) is 9.29. The molecule has 1 spiro atoms. The van der Waals surface area contributed by atoms with Crippen LogP contribution in [0.15, 0.2) is 40.9 Å². The fourth-order valence-corrected chi connectivity index (χ4v) is 5.67. The van der Waals surface area contributed by atoms with E-state index in [4.69, 9.17) is 0 Å². The molecule has 0 aromatic heterocycles. The first-order chi connectivity index (χ1) is 16.5. The van der Waals surface area contributed by atoms with E-state index in [1.807, 2.05) is 30.1 Å². The van der Waals surface area contributed by atoms with Crippen LogP contribution in [0.3, 0.4) is 0 Å². The van der Waals surface area contributed by atoms with Crippen molar-refractivity contribution in [3.63, 3.8) is 0 Å². The molecule has 4 rings (SSSR count). The molecule has 6 heteroatoms. The van der Waals surface area contributed by atoms with Gasteiger partial charge in [0, 0.05) is 54.1 Å². The molecular formula is C29H34F2N3O. The zero-order valence-electron chi connectivity index (χ0n) is 21.1. The Kier molecular flexibility index (Phi) is 6.74. The zero-order valence-corrected chi connectivity index (χ0v) is 21.1. The minimum atomic E-state index is -2.70. The van der Waals surface area contributed by atoms with Gasteiger partial charge >= 0.3 is 0 Å². The van der Waals surface area contributed by atoms with Crippen molar-refractivity contribution in [3.8, 4) is 6.07 Å². The molecule has 1 saturated carbocycles. The van der Waals surface area contributed by atoms with Crippen molar-refractivity contribution < 1.29 is 13.6 Å². The fraction of sp³-hybridized carbons (Fsp3) is 0.517. The summed E-state index contributed by atoms with van der Waals surface area (Å²) < 4.78 is 30.0. The molecule has 2 atom stereocenters. The highest BCUT2D eigenvalue weighted by molar-refractivity contribution is 6.05. The van der Waals surface area contributed by atoms with Gasteiger partial charge in [-0.3, -0.25) is 9.79 Å². The highest BCUT2D eigenvalue weighted by atomic mass is 19.3.